The number of esters is 1. The predicted molar refractivity (Wildman–Crippen MR) is 135 cm³/mol. The third-order valence-electron chi connectivity index (χ3n) is 6.33. The molecule has 0 atom stereocenters. The molecule has 0 aromatic carbocycles. The van der Waals surface area contributed by atoms with Gasteiger partial charge in [0.15, 0.2) is 0 Å². The van der Waals surface area contributed by atoms with Gasteiger partial charge in [-0.3, -0.25) is 9.59 Å². The fourth-order valence-electron chi connectivity index (χ4n) is 4.24. The summed E-state index contributed by atoms with van der Waals surface area (Å²) in [5.74, 6) is -0.854. The van der Waals surface area contributed by atoms with Crippen molar-refractivity contribution in [2.45, 2.75) is 168 Å². The van der Waals surface area contributed by atoms with E-state index in [2.05, 4.69) is 13.8 Å². The normalized spacial score (nSPS) is 11.2. The van der Waals surface area contributed by atoms with E-state index in [4.69, 9.17) is 9.84 Å². The zero-order valence-electron chi connectivity index (χ0n) is 21.5. The number of carboxylic acid groups (broad SMARTS) is 1. The minimum Gasteiger partial charge on any atom is -0.481 e. The first-order valence-electron chi connectivity index (χ1n) is 14.0. The molecule has 0 heterocycles. The molecule has 0 aliphatic rings. The molecule has 0 aromatic heterocycles. The molecule has 0 unspecified atom stereocenters. The second-order valence-corrected chi connectivity index (χ2v) is 9.59. The maximum Gasteiger partial charge on any atom is 0.306 e. The quantitative estimate of drug-likeness (QED) is 0.110. The van der Waals surface area contributed by atoms with Crippen molar-refractivity contribution in [2.75, 3.05) is 0 Å². The van der Waals surface area contributed by atoms with Crippen molar-refractivity contribution in [3.63, 3.8) is 0 Å². The van der Waals surface area contributed by atoms with Crippen LogP contribution in [0.4, 0.5) is 0 Å². The van der Waals surface area contributed by atoms with Gasteiger partial charge in [0.25, 0.3) is 0 Å². The molecule has 4 heteroatoms. The van der Waals surface area contributed by atoms with Crippen molar-refractivity contribution < 1.29 is 19.4 Å². The summed E-state index contributed by atoms with van der Waals surface area (Å²) in [5.41, 5.74) is 0. The van der Waals surface area contributed by atoms with E-state index >= 15 is 0 Å². The monoisotopic (exact) mass is 454 g/mol. The smallest absolute Gasteiger partial charge is 0.306 e. The number of rotatable bonds is 25. The number of carbonyl (C=O) groups is 2. The first-order chi connectivity index (χ1) is 15.6. The Morgan fingerprint density at radius 3 is 1.38 bits per heavy atom. The lowest BCUT2D eigenvalue weighted by atomic mass is 10.0. The van der Waals surface area contributed by atoms with Gasteiger partial charge in [0.1, 0.15) is 6.10 Å². The molecular weight excluding hydrogens is 400 g/mol. The lowest BCUT2D eigenvalue weighted by molar-refractivity contribution is -0.150. The highest BCUT2D eigenvalue weighted by Crippen LogP contribution is 2.18. The highest BCUT2D eigenvalue weighted by molar-refractivity contribution is 5.69. The Labute approximate surface area is 199 Å². The van der Waals surface area contributed by atoms with E-state index in [1.165, 1.54) is 89.9 Å². The average Bonchev–Trinajstić information content (AvgIpc) is 2.76. The van der Waals surface area contributed by atoms with E-state index in [1.807, 2.05) is 0 Å². The van der Waals surface area contributed by atoms with Gasteiger partial charge in [0.05, 0.1) is 0 Å². The zero-order valence-corrected chi connectivity index (χ0v) is 21.5. The van der Waals surface area contributed by atoms with Gasteiger partial charge in [-0.1, -0.05) is 110 Å². The summed E-state index contributed by atoms with van der Waals surface area (Å²) >= 11 is 0. The van der Waals surface area contributed by atoms with Crippen LogP contribution in [0.1, 0.15) is 162 Å². The molecule has 0 saturated carbocycles. The molecule has 0 aromatic rings. The number of carboxylic acids is 1. The van der Waals surface area contributed by atoms with Crippen LogP contribution in [0.2, 0.25) is 0 Å². The predicted octanol–water partition coefficient (Wildman–Crippen LogP) is 8.99. The number of aliphatic carboxylic acids is 1. The van der Waals surface area contributed by atoms with Crippen molar-refractivity contribution >= 4 is 11.9 Å². The Balaban J connectivity index is 4.06. The number of unbranched alkanes of at least 4 members (excludes halogenated alkanes) is 16. The lowest BCUT2D eigenvalue weighted by Gasteiger charge is -2.18. The van der Waals surface area contributed by atoms with Crippen LogP contribution in [-0.4, -0.2) is 23.1 Å². The summed E-state index contributed by atoms with van der Waals surface area (Å²) in [6.07, 6.45) is 25.6. The Bertz CT molecular complexity index is 402. The standard InChI is InChI=1S/C28H54O4/c1-3-5-7-9-11-13-15-18-22-26(23-19-16-14-12-10-8-6-4-2)32-28(31)25-21-17-20-24-27(29)30/h26H,3-25H2,1-2H3,(H,29,30). The third kappa shape index (κ3) is 23.6. The summed E-state index contributed by atoms with van der Waals surface area (Å²) in [7, 11) is 0. The first-order valence-corrected chi connectivity index (χ1v) is 14.0. The summed E-state index contributed by atoms with van der Waals surface area (Å²) < 4.78 is 5.84. The zero-order chi connectivity index (χ0) is 23.7. The molecule has 0 radical (unpaired) electrons. The maximum atomic E-state index is 12.3. The average molecular weight is 455 g/mol. The molecule has 0 fully saturated rings. The van der Waals surface area contributed by atoms with Gasteiger partial charge >= 0.3 is 11.9 Å². The molecule has 4 nitrogen and oxygen atoms in total. The SMILES string of the molecule is CCCCCCCCCCC(CCCCCCCCCC)OC(=O)CCCCCC(=O)O. The fraction of sp³-hybridized carbons (Fsp3) is 0.929. The van der Waals surface area contributed by atoms with Crippen LogP contribution in [0.3, 0.4) is 0 Å². The second-order valence-electron chi connectivity index (χ2n) is 9.59. The molecule has 32 heavy (non-hydrogen) atoms. The number of carbonyl (C=O) groups excluding carboxylic acids is 1. The van der Waals surface area contributed by atoms with E-state index in [9.17, 15) is 9.59 Å². The topological polar surface area (TPSA) is 63.6 Å². The lowest BCUT2D eigenvalue weighted by Crippen LogP contribution is -2.18. The minimum atomic E-state index is -0.761. The molecule has 0 aliphatic carbocycles. The largest absolute Gasteiger partial charge is 0.481 e. The summed E-state index contributed by atoms with van der Waals surface area (Å²) in [6, 6.07) is 0. The second kappa shape index (κ2) is 24.6. The van der Waals surface area contributed by atoms with Crippen LogP contribution in [0.25, 0.3) is 0 Å². The highest BCUT2D eigenvalue weighted by Gasteiger charge is 2.14. The van der Waals surface area contributed by atoms with E-state index in [0.717, 1.165) is 38.5 Å². The summed E-state index contributed by atoms with van der Waals surface area (Å²) in [4.78, 5) is 22.9. The minimum absolute atomic E-state index is 0.0710. The van der Waals surface area contributed by atoms with Gasteiger partial charge in [0.2, 0.25) is 0 Å². The molecule has 190 valence electrons. The summed E-state index contributed by atoms with van der Waals surface area (Å²) in [6.45, 7) is 4.51. The number of hydrogen-bond donors (Lipinski definition) is 1. The Hall–Kier alpha value is -1.06. The van der Waals surface area contributed by atoms with Crippen molar-refractivity contribution in [1.82, 2.24) is 0 Å². The third-order valence-corrected chi connectivity index (χ3v) is 6.33. The molecular formula is C28H54O4. The van der Waals surface area contributed by atoms with Crippen molar-refractivity contribution in [3.05, 3.63) is 0 Å². The summed E-state index contributed by atoms with van der Waals surface area (Å²) in [5, 5.41) is 8.70. The molecule has 0 saturated heterocycles. The van der Waals surface area contributed by atoms with Crippen LogP contribution in [0.15, 0.2) is 0 Å². The molecule has 0 spiro atoms. The number of hydrogen-bond acceptors (Lipinski definition) is 3. The van der Waals surface area contributed by atoms with E-state index < -0.39 is 5.97 Å². The van der Waals surface area contributed by atoms with Gasteiger partial charge in [-0.05, 0) is 38.5 Å². The first kappa shape index (κ1) is 30.9. The van der Waals surface area contributed by atoms with Gasteiger partial charge in [-0.25, -0.2) is 0 Å². The van der Waals surface area contributed by atoms with Crippen molar-refractivity contribution in [3.8, 4) is 0 Å². The van der Waals surface area contributed by atoms with Crippen molar-refractivity contribution in [2.24, 2.45) is 0 Å². The van der Waals surface area contributed by atoms with Gasteiger partial charge < -0.3 is 9.84 Å². The van der Waals surface area contributed by atoms with Crippen LogP contribution < -0.4 is 0 Å². The fourth-order valence-corrected chi connectivity index (χ4v) is 4.24. The van der Waals surface area contributed by atoms with Crippen LogP contribution in [-0.2, 0) is 14.3 Å². The van der Waals surface area contributed by atoms with Gasteiger partial charge in [-0.2, -0.15) is 0 Å². The Morgan fingerprint density at radius 1 is 0.562 bits per heavy atom. The van der Waals surface area contributed by atoms with Crippen LogP contribution in [0.5, 0.6) is 0 Å². The van der Waals surface area contributed by atoms with Crippen LogP contribution >= 0.6 is 0 Å². The maximum absolute atomic E-state index is 12.3. The van der Waals surface area contributed by atoms with E-state index in [0.29, 0.717) is 12.8 Å². The van der Waals surface area contributed by atoms with Crippen LogP contribution in [0, 0.1) is 0 Å². The van der Waals surface area contributed by atoms with Gasteiger partial charge in [-0.15, -0.1) is 0 Å². The molecule has 0 rings (SSSR count). The highest BCUT2D eigenvalue weighted by atomic mass is 16.5. The molecule has 0 aliphatic heterocycles. The van der Waals surface area contributed by atoms with Crippen molar-refractivity contribution in [1.29, 1.82) is 0 Å². The molecule has 1 N–H and O–H groups in total. The molecule has 0 amide bonds. The Kier molecular flexibility index (Phi) is 23.8. The Morgan fingerprint density at radius 2 is 0.938 bits per heavy atom. The van der Waals surface area contributed by atoms with E-state index in [-0.39, 0.29) is 18.5 Å². The van der Waals surface area contributed by atoms with E-state index in [1.54, 1.807) is 0 Å². The number of ether oxygens (including phenoxy) is 1. The van der Waals surface area contributed by atoms with Gasteiger partial charge in [0, 0.05) is 12.8 Å². The molecule has 0 bridgehead atoms.